The zero-order valence-electron chi connectivity index (χ0n) is 20.1. The molecule has 2 atom stereocenters. The molecule has 0 aromatic heterocycles. The van der Waals surface area contributed by atoms with Crippen LogP contribution in [0, 0.1) is 0 Å². The second-order valence-electron chi connectivity index (χ2n) is 9.28. The Morgan fingerprint density at radius 1 is 0.857 bits per heavy atom. The Hall–Kier alpha value is -3.70. The summed E-state index contributed by atoms with van der Waals surface area (Å²) in [6, 6.07) is 27.5. The van der Waals surface area contributed by atoms with E-state index in [0.717, 1.165) is 30.8 Å². The Kier molecular flexibility index (Phi) is 6.77. The summed E-state index contributed by atoms with van der Waals surface area (Å²) in [7, 11) is 1.81. The zero-order chi connectivity index (χ0) is 24.2. The molecule has 0 aliphatic carbocycles. The van der Waals surface area contributed by atoms with Crippen LogP contribution in [0.5, 0.6) is 0 Å². The molecule has 0 spiro atoms. The van der Waals surface area contributed by atoms with Crippen molar-refractivity contribution in [2.24, 2.45) is 0 Å². The van der Waals surface area contributed by atoms with Crippen LogP contribution >= 0.6 is 0 Å². The number of likely N-dealkylation sites (N-methyl/N-ethyl adjacent to an activating group) is 1. The fraction of sp³-hybridized carbons (Fsp3) is 0.267. The molecule has 2 amide bonds. The van der Waals surface area contributed by atoms with Crippen LogP contribution in [-0.4, -0.2) is 66.3 Å². The molecule has 0 bridgehead atoms. The summed E-state index contributed by atoms with van der Waals surface area (Å²) in [4.78, 5) is 33.3. The average molecular weight is 466 g/mol. The van der Waals surface area contributed by atoms with Crippen molar-refractivity contribution in [3.05, 3.63) is 113 Å². The number of benzene rings is 3. The van der Waals surface area contributed by atoms with E-state index in [2.05, 4.69) is 29.2 Å². The van der Waals surface area contributed by atoms with E-state index >= 15 is 0 Å². The maximum Gasteiger partial charge on any atom is 0.254 e. The van der Waals surface area contributed by atoms with E-state index in [1.54, 1.807) is 4.90 Å². The van der Waals surface area contributed by atoms with E-state index in [4.69, 9.17) is 0 Å². The predicted molar refractivity (Wildman–Crippen MR) is 139 cm³/mol. The van der Waals surface area contributed by atoms with E-state index in [0.29, 0.717) is 18.7 Å². The van der Waals surface area contributed by atoms with E-state index in [1.807, 2.05) is 84.7 Å². The molecule has 2 heterocycles. The van der Waals surface area contributed by atoms with Gasteiger partial charge in [0.1, 0.15) is 0 Å². The standard InChI is InChI=1S/C30H31N3O2/c1-31-28(24-14-6-3-7-15-24)27(25-16-8-9-17-26(25)29(31)34)30(35)33-21-19-32(20-22-33)18-10-13-23-11-4-2-5-12-23/h2-17,27-28H,18-22H2,1H3/b13-10+. The molecule has 2 aliphatic heterocycles. The number of nitrogens with zero attached hydrogens (tertiary/aromatic N) is 3. The van der Waals surface area contributed by atoms with Gasteiger partial charge in [-0.25, -0.2) is 0 Å². The monoisotopic (exact) mass is 465 g/mol. The number of amides is 2. The number of carbonyl (C=O) groups is 2. The number of piperazine rings is 1. The molecular weight excluding hydrogens is 434 g/mol. The lowest BCUT2D eigenvalue weighted by Crippen LogP contribution is -2.52. The molecule has 5 rings (SSSR count). The summed E-state index contributed by atoms with van der Waals surface area (Å²) in [5.74, 6) is -0.348. The fourth-order valence-corrected chi connectivity index (χ4v) is 5.26. The molecular formula is C30H31N3O2. The number of carbonyl (C=O) groups excluding carboxylic acids is 2. The number of rotatable bonds is 5. The van der Waals surface area contributed by atoms with Gasteiger partial charge in [-0.3, -0.25) is 14.5 Å². The van der Waals surface area contributed by atoms with Crippen molar-refractivity contribution in [1.29, 1.82) is 0 Å². The summed E-state index contributed by atoms with van der Waals surface area (Å²) >= 11 is 0. The molecule has 2 unspecified atom stereocenters. The molecule has 0 radical (unpaired) electrons. The second kappa shape index (κ2) is 10.3. The third kappa shape index (κ3) is 4.77. The summed E-state index contributed by atoms with van der Waals surface area (Å²) in [5, 5.41) is 0. The van der Waals surface area contributed by atoms with E-state index in [1.165, 1.54) is 5.56 Å². The molecule has 178 valence electrons. The first-order chi connectivity index (χ1) is 17.1. The summed E-state index contributed by atoms with van der Waals surface area (Å²) in [6.45, 7) is 3.92. The topological polar surface area (TPSA) is 43.9 Å². The quantitative estimate of drug-likeness (QED) is 0.559. The Balaban J connectivity index is 1.33. The SMILES string of the molecule is CN1C(=O)c2ccccc2C(C(=O)N2CCN(C/C=C/c3ccccc3)CC2)C1c1ccccc1. The minimum atomic E-state index is -0.416. The Labute approximate surface area is 207 Å². The van der Waals surface area contributed by atoms with E-state index < -0.39 is 5.92 Å². The summed E-state index contributed by atoms with van der Waals surface area (Å²) in [6.07, 6.45) is 4.34. The second-order valence-corrected chi connectivity index (χ2v) is 9.28. The number of hydrogen-bond acceptors (Lipinski definition) is 3. The highest BCUT2D eigenvalue weighted by Crippen LogP contribution is 2.42. The van der Waals surface area contributed by atoms with Gasteiger partial charge < -0.3 is 9.80 Å². The number of hydrogen-bond donors (Lipinski definition) is 0. The highest BCUT2D eigenvalue weighted by molar-refractivity contribution is 6.01. The van der Waals surface area contributed by atoms with Crippen LogP contribution in [0.25, 0.3) is 6.08 Å². The molecule has 2 aliphatic rings. The number of fused-ring (bicyclic) bond motifs is 1. The van der Waals surface area contributed by atoms with Gasteiger partial charge in [0.15, 0.2) is 0 Å². The summed E-state index contributed by atoms with van der Waals surface area (Å²) in [5.41, 5.74) is 3.65. The van der Waals surface area contributed by atoms with Crippen LogP contribution in [-0.2, 0) is 4.79 Å². The van der Waals surface area contributed by atoms with Crippen LogP contribution in [0.15, 0.2) is 91.0 Å². The smallest absolute Gasteiger partial charge is 0.254 e. The zero-order valence-corrected chi connectivity index (χ0v) is 20.1. The molecule has 5 nitrogen and oxygen atoms in total. The van der Waals surface area contributed by atoms with Crippen molar-refractivity contribution in [3.8, 4) is 0 Å². The van der Waals surface area contributed by atoms with Gasteiger partial charge in [0.25, 0.3) is 5.91 Å². The first-order valence-electron chi connectivity index (χ1n) is 12.3. The highest BCUT2D eigenvalue weighted by Gasteiger charge is 2.44. The first-order valence-corrected chi connectivity index (χ1v) is 12.3. The van der Waals surface area contributed by atoms with Crippen molar-refractivity contribution in [1.82, 2.24) is 14.7 Å². The van der Waals surface area contributed by atoms with Crippen molar-refractivity contribution < 1.29 is 9.59 Å². The Morgan fingerprint density at radius 2 is 1.49 bits per heavy atom. The van der Waals surface area contributed by atoms with Gasteiger partial charge in [0, 0.05) is 45.3 Å². The molecule has 3 aromatic rings. The van der Waals surface area contributed by atoms with E-state index in [-0.39, 0.29) is 17.9 Å². The van der Waals surface area contributed by atoms with Crippen molar-refractivity contribution >= 4 is 17.9 Å². The average Bonchev–Trinajstić information content (AvgIpc) is 2.92. The van der Waals surface area contributed by atoms with Crippen LogP contribution in [0.4, 0.5) is 0 Å². The molecule has 3 aromatic carbocycles. The first kappa shape index (κ1) is 23.1. The fourth-order valence-electron chi connectivity index (χ4n) is 5.26. The van der Waals surface area contributed by atoms with Gasteiger partial charge in [-0.15, -0.1) is 0 Å². The molecule has 35 heavy (non-hydrogen) atoms. The predicted octanol–water partition coefficient (Wildman–Crippen LogP) is 4.45. The van der Waals surface area contributed by atoms with Crippen molar-refractivity contribution in [2.75, 3.05) is 39.8 Å². The highest BCUT2D eigenvalue weighted by atomic mass is 16.2. The minimum Gasteiger partial charge on any atom is -0.340 e. The van der Waals surface area contributed by atoms with Gasteiger partial charge in [-0.2, -0.15) is 0 Å². The minimum absolute atomic E-state index is 0.0338. The van der Waals surface area contributed by atoms with Gasteiger partial charge in [-0.05, 0) is 22.8 Å². The summed E-state index contributed by atoms with van der Waals surface area (Å²) < 4.78 is 0. The van der Waals surface area contributed by atoms with Crippen LogP contribution in [0.2, 0.25) is 0 Å². The normalized spacial score (nSPS) is 20.8. The lowest BCUT2D eigenvalue weighted by Gasteiger charge is -2.43. The van der Waals surface area contributed by atoms with Crippen molar-refractivity contribution in [3.63, 3.8) is 0 Å². The van der Waals surface area contributed by atoms with E-state index in [9.17, 15) is 9.59 Å². The maximum atomic E-state index is 14.0. The lowest BCUT2D eigenvalue weighted by atomic mass is 9.79. The van der Waals surface area contributed by atoms with Gasteiger partial charge in [-0.1, -0.05) is 91.0 Å². The Morgan fingerprint density at radius 3 is 2.20 bits per heavy atom. The Bertz CT molecular complexity index is 1200. The maximum absolute atomic E-state index is 14.0. The largest absolute Gasteiger partial charge is 0.340 e. The van der Waals surface area contributed by atoms with Crippen LogP contribution in [0.3, 0.4) is 0 Å². The molecule has 1 saturated heterocycles. The molecule has 0 saturated carbocycles. The third-order valence-electron chi connectivity index (χ3n) is 7.14. The van der Waals surface area contributed by atoms with Gasteiger partial charge >= 0.3 is 0 Å². The molecule has 0 N–H and O–H groups in total. The lowest BCUT2D eigenvalue weighted by molar-refractivity contribution is -0.136. The van der Waals surface area contributed by atoms with Crippen LogP contribution < -0.4 is 0 Å². The van der Waals surface area contributed by atoms with Crippen LogP contribution in [0.1, 0.15) is 39.0 Å². The molecule has 1 fully saturated rings. The van der Waals surface area contributed by atoms with Gasteiger partial charge in [0.2, 0.25) is 5.91 Å². The van der Waals surface area contributed by atoms with Gasteiger partial charge in [0.05, 0.1) is 12.0 Å². The third-order valence-corrected chi connectivity index (χ3v) is 7.14. The molecule has 5 heteroatoms. The van der Waals surface area contributed by atoms with Crippen molar-refractivity contribution in [2.45, 2.75) is 12.0 Å².